The van der Waals surface area contributed by atoms with E-state index >= 15 is 0 Å². The molecule has 27 heavy (non-hydrogen) atoms. The molecular weight excluding hydrogens is 340 g/mol. The molecule has 1 saturated heterocycles. The van der Waals surface area contributed by atoms with E-state index in [-0.39, 0.29) is 6.10 Å². The first kappa shape index (κ1) is 18.7. The van der Waals surface area contributed by atoms with Gasteiger partial charge in [0, 0.05) is 30.9 Å². The van der Waals surface area contributed by atoms with Gasteiger partial charge in [-0.25, -0.2) is 9.50 Å². The van der Waals surface area contributed by atoms with Crippen molar-refractivity contribution < 1.29 is 9.84 Å². The van der Waals surface area contributed by atoms with E-state index in [1.165, 1.54) is 11.3 Å². The number of anilines is 1. The van der Waals surface area contributed by atoms with Gasteiger partial charge in [-0.1, -0.05) is 6.92 Å². The summed E-state index contributed by atoms with van der Waals surface area (Å²) >= 11 is 0. The number of rotatable bonds is 5. The number of aliphatic hydroxyl groups excluding tert-OH is 1. The average Bonchev–Trinajstić information content (AvgIpc) is 3.08. The van der Waals surface area contributed by atoms with Gasteiger partial charge in [0.25, 0.3) is 0 Å². The van der Waals surface area contributed by atoms with Crippen LogP contribution in [0, 0.1) is 0 Å². The van der Waals surface area contributed by atoms with Gasteiger partial charge in [0.1, 0.15) is 0 Å². The average molecular weight is 373 g/mol. The minimum Gasteiger partial charge on any atom is -0.393 e. The van der Waals surface area contributed by atoms with Crippen LogP contribution in [0.5, 0.6) is 0 Å². The summed E-state index contributed by atoms with van der Waals surface area (Å²) in [5.74, 6) is 1.68. The van der Waals surface area contributed by atoms with Gasteiger partial charge < -0.3 is 15.2 Å². The van der Waals surface area contributed by atoms with E-state index in [0.717, 1.165) is 63.7 Å². The van der Waals surface area contributed by atoms with E-state index in [2.05, 4.69) is 34.7 Å². The summed E-state index contributed by atoms with van der Waals surface area (Å²) in [6, 6.07) is 2.72. The molecule has 148 valence electrons. The van der Waals surface area contributed by atoms with Crippen molar-refractivity contribution in [3.8, 4) is 0 Å². The lowest BCUT2D eigenvalue weighted by Crippen LogP contribution is -2.19. The molecule has 1 saturated carbocycles. The zero-order chi connectivity index (χ0) is 18.8. The summed E-state index contributed by atoms with van der Waals surface area (Å²) in [5.41, 5.74) is 3.79. The van der Waals surface area contributed by atoms with E-state index in [9.17, 15) is 5.11 Å². The predicted molar refractivity (Wildman–Crippen MR) is 106 cm³/mol. The highest BCUT2D eigenvalue weighted by atomic mass is 16.5. The van der Waals surface area contributed by atoms with Crippen LogP contribution in [-0.2, 0) is 4.74 Å². The highest BCUT2D eigenvalue weighted by Crippen LogP contribution is 2.38. The first-order chi connectivity index (χ1) is 13.2. The van der Waals surface area contributed by atoms with Gasteiger partial charge in [0.2, 0.25) is 5.95 Å². The highest BCUT2D eigenvalue weighted by molar-refractivity contribution is 5.58. The fourth-order valence-electron chi connectivity index (χ4n) is 4.43. The van der Waals surface area contributed by atoms with Gasteiger partial charge in [-0.3, -0.25) is 0 Å². The summed E-state index contributed by atoms with van der Waals surface area (Å²) in [6.45, 7) is 5.98. The van der Waals surface area contributed by atoms with Gasteiger partial charge >= 0.3 is 0 Å². The third kappa shape index (κ3) is 3.97. The Balaban J connectivity index is 1.72. The van der Waals surface area contributed by atoms with Crippen LogP contribution in [0.2, 0.25) is 0 Å². The highest BCUT2D eigenvalue weighted by Gasteiger charge is 2.28. The fourth-order valence-corrected chi connectivity index (χ4v) is 4.43. The first-order valence-electron chi connectivity index (χ1n) is 10.6. The Labute approximate surface area is 161 Å². The second kappa shape index (κ2) is 8.15. The Hall–Kier alpha value is -1.66. The van der Waals surface area contributed by atoms with Gasteiger partial charge in [-0.05, 0) is 69.4 Å². The molecule has 2 N–H and O–H groups in total. The summed E-state index contributed by atoms with van der Waals surface area (Å²) < 4.78 is 7.70. The van der Waals surface area contributed by atoms with Crippen LogP contribution in [0.25, 0.3) is 5.52 Å². The number of aliphatic hydroxyl groups is 1. The summed E-state index contributed by atoms with van der Waals surface area (Å²) in [5, 5.41) is 18.2. The Bertz CT molecular complexity index is 761. The van der Waals surface area contributed by atoms with Crippen molar-refractivity contribution in [2.75, 3.05) is 18.5 Å². The standard InChI is InChI=1S/C21H32N4O2/c1-3-14(2)23-21-22-13-20-18(15-8-10-27-11-9-15)12-19(25(20)24-21)16-4-6-17(26)7-5-16/h12-17,26H,3-11H2,1-2H3,(H,23,24)/t14-,16?,17?/m0/s1. The molecule has 2 fully saturated rings. The zero-order valence-corrected chi connectivity index (χ0v) is 16.5. The second-order valence-corrected chi connectivity index (χ2v) is 8.25. The van der Waals surface area contributed by atoms with Gasteiger partial charge in [0.15, 0.2) is 0 Å². The van der Waals surface area contributed by atoms with Gasteiger partial charge in [0.05, 0.1) is 17.8 Å². The molecule has 0 bridgehead atoms. The third-order valence-corrected chi connectivity index (χ3v) is 6.34. The van der Waals surface area contributed by atoms with E-state index in [4.69, 9.17) is 9.84 Å². The molecular formula is C21H32N4O2. The van der Waals surface area contributed by atoms with Crippen molar-refractivity contribution in [1.29, 1.82) is 0 Å². The van der Waals surface area contributed by atoms with E-state index < -0.39 is 0 Å². The molecule has 6 nitrogen and oxygen atoms in total. The Kier molecular flexibility index (Phi) is 5.64. The van der Waals surface area contributed by atoms with Crippen molar-refractivity contribution >= 4 is 11.5 Å². The number of nitrogens with one attached hydrogen (secondary N) is 1. The maximum Gasteiger partial charge on any atom is 0.241 e. The number of ether oxygens (including phenoxy) is 1. The Morgan fingerprint density at radius 3 is 2.63 bits per heavy atom. The van der Waals surface area contributed by atoms with E-state index in [0.29, 0.717) is 23.8 Å². The van der Waals surface area contributed by atoms with Crippen molar-refractivity contribution in [3.05, 3.63) is 23.5 Å². The lowest BCUT2D eigenvalue weighted by Gasteiger charge is -2.25. The molecule has 1 aliphatic carbocycles. The maximum absolute atomic E-state index is 9.91. The predicted octanol–water partition coefficient (Wildman–Crippen LogP) is 3.85. The smallest absolute Gasteiger partial charge is 0.241 e. The third-order valence-electron chi connectivity index (χ3n) is 6.34. The SMILES string of the molecule is CC[C@H](C)Nc1ncc2c(C3CCOCC3)cc(C3CCC(O)CC3)n2n1. The number of hydrogen-bond acceptors (Lipinski definition) is 5. The zero-order valence-electron chi connectivity index (χ0n) is 16.5. The molecule has 1 aliphatic heterocycles. The van der Waals surface area contributed by atoms with Crippen LogP contribution in [0.3, 0.4) is 0 Å². The normalized spacial score (nSPS) is 25.6. The molecule has 0 aromatic carbocycles. The van der Waals surface area contributed by atoms with E-state index in [1.54, 1.807) is 0 Å². The van der Waals surface area contributed by atoms with Crippen LogP contribution in [0.1, 0.15) is 81.9 Å². The first-order valence-corrected chi connectivity index (χ1v) is 10.6. The van der Waals surface area contributed by atoms with Crippen LogP contribution in [0.4, 0.5) is 5.95 Å². The summed E-state index contributed by atoms with van der Waals surface area (Å²) in [4.78, 5) is 4.61. The molecule has 6 heteroatoms. The molecule has 0 unspecified atom stereocenters. The molecule has 1 atom stereocenters. The number of nitrogens with zero attached hydrogens (tertiary/aromatic N) is 3. The molecule has 2 aliphatic rings. The minimum atomic E-state index is -0.139. The molecule has 0 spiro atoms. The lowest BCUT2D eigenvalue weighted by molar-refractivity contribution is 0.0856. The lowest BCUT2D eigenvalue weighted by atomic mass is 9.84. The fraction of sp³-hybridized carbons (Fsp3) is 0.714. The van der Waals surface area contributed by atoms with Crippen molar-refractivity contribution in [3.63, 3.8) is 0 Å². The minimum absolute atomic E-state index is 0.139. The van der Waals surface area contributed by atoms with Crippen LogP contribution in [-0.4, -0.2) is 45.1 Å². The number of aromatic nitrogens is 3. The Morgan fingerprint density at radius 1 is 1.19 bits per heavy atom. The summed E-state index contributed by atoms with van der Waals surface area (Å²) in [6.07, 6.45) is 8.83. The number of hydrogen-bond donors (Lipinski definition) is 2. The van der Waals surface area contributed by atoms with Crippen LogP contribution >= 0.6 is 0 Å². The van der Waals surface area contributed by atoms with E-state index in [1.807, 2.05) is 6.20 Å². The van der Waals surface area contributed by atoms with Crippen molar-refractivity contribution in [1.82, 2.24) is 14.6 Å². The topological polar surface area (TPSA) is 71.7 Å². The van der Waals surface area contributed by atoms with Gasteiger partial charge in [-0.2, -0.15) is 0 Å². The van der Waals surface area contributed by atoms with Gasteiger partial charge in [-0.15, -0.1) is 5.10 Å². The Morgan fingerprint density at radius 2 is 1.93 bits per heavy atom. The largest absolute Gasteiger partial charge is 0.393 e. The summed E-state index contributed by atoms with van der Waals surface area (Å²) in [7, 11) is 0. The molecule has 3 heterocycles. The quantitative estimate of drug-likeness (QED) is 0.834. The number of fused-ring (bicyclic) bond motifs is 1. The van der Waals surface area contributed by atoms with Crippen LogP contribution < -0.4 is 5.32 Å². The maximum atomic E-state index is 9.91. The molecule has 2 aromatic heterocycles. The monoisotopic (exact) mass is 372 g/mol. The second-order valence-electron chi connectivity index (χ2n) is 8.25. The molecule has 0 amide bonds. The molecule has 4 rings (SSSR count). The van der Waals surface area contributed by atoms with Crippen molar-refractivity contribution in [2.45, 2.75) is 82.8 Å². The van der Waals surface area contributed by atoms with Crippen molar-refractivity contribution in [2.24, 2.45) is 0 Å². The molecule has 0 radical (unpaired) electrons. The van der Waals surface area contributed by atoms with Crippen LogP contribution in [0.15, 0.2) is 12.3 Å². The molecule has 2 aromatic rings.